The summed E-state index contributed by atoms with van der Waals surface area (Å²) < 4.78 is 27.5. The van der Waals surface area contributed by atoms with Crippen molar-refractivity contribution in [1.29, 1.82) is 0 Å². The second-order valence-corrected chi connectivity index (χ2v) is 9.54. The standard InChI is InChI=1S/C31H28F2N4O/c1-21-29(20-35-26-12-6-11-25(17-26)31(2,32)33)30(38)37(36-21)27-14-13-23(16-22-8-4-3-5-9-22)28(18-27)24-10-7-15-34-19-24/h3-15,17-19,29,35H,16,20H2,1-2H3. The summed E-state index contributed by atoms with van der Waals surface area (Å²) in [7, 11) is 0. The first kappa shape index (κ1) is 25.3. The predicted molar refractivity (Wildman–Crippen MR) is 148 cm³/mol. The van der Waals surface area contributed by atoms with Crippen molar-refractivity contribution in [1.82, 2.24) is 4.98 Å². The molecule has 192 valence electrons. The van der Waals surface area contributed by atoms with Crippen LogP contribution >= 0.6 is 0 Å². The minimum absolute atomic E-state index is 0.0780. The van der Waals surface area contributed by atoms with Crippen LogP contribution in [0.25, 0.3) is 11.1 Å². The molecule has 0 saturated carbocycles. The summed E-state index contributed by atoms with van der Waals surface area (Å²) in [6.45, 7) is 2.93. The van der Waals surface area contributed by atoms with Gasteiger partial charge in [0.15, 0.2) is 0 Å². The number of hydrogen-bond donors (Lipinski definition) is 1. The van der Waals surface area contributed by atoms with E-state index in [-0.39, 0.29) is 18.0 Å². The summed E-state index contributed by atoms with van der Waals surface area (Å²) in [6, 6.07) is 26.1. The van der Waals surface area contributed by atoms with Gasteiger partial charge in [-0.25, -0.2) is 13.8 Å². The van der Waals surface area contributed by atoms with E-state index in [0.717, 1.165) is 30.0 Å². The van der Waals surface area contributed by atoms with Gasteiger partial charge in [-0.3, -0.25) is 9.78 Å². The van der Waals surface area contributed by atoms with Crippen molar-refractivity contribution in [2.45, 2.75) is 26.2 Å². The lowest BCUT2D eigenvalue weighted by molar-refractivity contribution is -0.119. The van der Waals surface area contributed by atoms with Crippen LogP contribution in [0.2, 0.25) is 0 Å². The fourth-order valence-corrected chi connectivity index (χ4v) is 4.60. The third-order valence-electron chi connectivity index (χ3n) is 6.70. The number of rotatable bonds is 8. The molecule has 1 unspecified atom stereocenters. The van der Waals surface area contributed by atoms with Crippen molar-refractivity contribution in [3.05, 3.63) is 114 Å². The molecule has 1 N–H and O–H groups in total. The van der Waals surface area contributed by atoms with E-state index in [0.29, 0.717) is 17.1 Å². The van der Waals surface area contributed by atoms with Gasteiger partial charge in [0.05, 0.1) is 17.3 Å². The van der Waals surface area contributed by atoms with Crippen molar-refractivity contribution in [3.8, 4) is 11.1 Å². The van der Waals surface area contributed by atoms with Gasteiger partial charge in [0.2, 0.25) is 0 Å². The van der Waals surface area contributed by atoms with Crippen molar-refractivity contribution >= 4 is 23.0 Å². The molecule has 2 heterocycles. The molecule has 38 heavy (non-hydrogen) atoms. The Balaban J connectivity index is 1.38. The number of carbonyl (C=O) groups is 1. The van der Waals surface area contributed by atoms with Gasteiger partial charge >= 0.3 is 0 Å². The van der Waals surface area contributed by atoms with Crippen molar-refractivity contribution in [2.75, 3.05) is 16.9 Å². The number of benzene rings is 3. The first-order valence-electron chi connectivity index (χ1n) is 12.5. The maximum atomic E-state index is 13.7. The summed E-state index contributed by atoms with van der Waals surface area (Å²) in [4.78, 5) is 17.7. The molecule has 1 aromatic heterocycles. The number of alkyl halides is 2. The van der Waals surface area contributed by atoms with E-state index < -0.39 is 11.8 Å². The highest BCUT2D eigenvalue weighted by molar-refractivity contribution is 6.15. The molecule has 0 radical (unpaired) electrons. The lowest BCUT2D eigenvalue weighted by Gasteiger charge is -2.18. The third-order valence-corrected chi connectivity index (χ3v) is 6.70. The van der Waals surface area contributed by atoms with Gasteiger partial charge in [0, 0.05) is 42.7 Å². The number of aromatic nitrogens is 1. The SMILES string of the molecule is CC1=NN(c2ccc(Cc3ccccc3)c(-c3cccnc3)c2)C(=O)C1CNc1cccc(C(C)(F)F)c1. The van der Waals surface area contributed by atoms with Gasteiger partial charge in [-0.2, -0.15) is 5.10 Å². The first-order valence-corrected chi connectivity index (χ1v) is 12.5. The molecule has 5 rings (SSSR count). The van der Waals surface area contributed by atoms with Gasteiger partial charge in [0.1, 0.15) is 0 Å². The van der Waals surface area contributed by atoms with Crippen LogP contribution in [0.15, 0.2) is 102 Å². The molecule has 3 aromatic carbocycles. The van der Waals surface area contributed by atoms with E-state index in [4.69, 9.17) is 0 Å². The number of carbonyl (C=O) groups excluding carboxylic acids is 1. The van der Waals surface area contributed by atoms with E-state index in [1.807, 2.05) is 61.7 Å². The monoisotopic (exact) mass is 510 g/mol. The number of hydrogen-bond acceptors (Lipinski definition) is 4. The lowest BCUT2D eigenvalue weighted by Crippen LogP contribution is -2.31. The molecule has 5 nitrogen and oxygen atoms in total. The average molecular weight is 511 g/mol. The Kier molecular flexibility index (Phi) is 7.01. The molecule has 1 amide bonds. The summed E-state index contributed by atoms with van der Waals surface area (Å²) in [5.74, 6) is -3.61. The number of amides is 1. The fourth-order valence-electron chi connectivity index (χ4n) is 4.60. The van der Waals surface area contributed by atoms with E-state index in [1.54, 1.807) is 18.3 Å². The Morgan fingerprint density at radius 1 is 0.974 bits per heavy atom. The Morgan fingerprint density at radius 3 is 2.53 bits per heavy atom. The van der Waals surface area contributed by atoms with Crippen LogP contribution in [0.4, 0.5) is 20.2 Å². The maximum absolute atomic E-state index is 13.7. The molecule has 1 atom stereocenters. The Labute approximate surface area is 220 Å². The Bertz CT molecular complexity index is 1470. The minimum Gasteiger partial charge on any atom is -0.384 e. The molecule has 4 aromatic rings. The number of nitrogens with zero attached hydrogens (tertiary/aromatic N) is 3. The van der Waals surface area contributed by atoms with Gasteiger partial charge in [-0.1, -0.05) is 54.6 Å². The third kappa shape index (κ3) is 5.47. The second kappa shape index (κ2) is 10.5. The largest absolute Gasteiger partial charge is 0.384 e. The van der Waals surface area contributed by atoms with E-state index in [1.165, 1.54) is 22.7 Å². The van der Waals surface area contributed by atoms with Crippen LogP contribution in [0.3, 0.4) is 0 Å². The average Bonchev–Trinajstić information content (AvgIpc) is 3.21. The summed E-state index contributed by atoms with van der Waals surface area (Å²) in [5.41, 5.74) is 6.03. The zero-order chi connectivity index (χ0) is 26.7. The normalized spacial score (nSPS) is 15.5. The first-order chi connectivity index (χ1) is 18.3. The van der Waals surface area contributed by atoms with Gasteiger partial charge in [-0.05, 0) is 60.4 Å². The maximum Gasteiger partial charge on any atom is 0.270 e. The van der Waals surface area contributed by atoms with Gasteiger partial charge in [0.25, 0.3) is 11.8 Å². The predicted octanol–water partition coefficient (Wildman–Crippen LogP) is 6.90. The van der Waals surface area contributed by atoms with Crippen molar-refractivity contribution in [2.24, 2.45) is 11.0 Å². The molecule has 0 spiro atoms. The van der Waals surface area contributed by atoms with Crippen molar-refractivity contribution < 1.29 is 13.6 Å². The van der Waals surface area contributed by atoms with Crippen LogP contribution in [0.1, 0.15) is 30.5 Å². The van der Waals surface area contributed by atoms with Crippen LogP contribution in [-0.2, 0) is 17.1 Å². The highest BCUT2D eigenvalue weighted by Crippen LogP contribution is 2.33. The van der Waals surface area contributed by atoms with Crippen LogP contribution in [0.5, 0.6) is 0 Å². The smallest absolute Gasteiger partial charge is 0.270 e. The molecule has 0 saturated heterocycles. The van der Waals surface area contributed by atoms with Gasteiger partial charge < -0.3 is 5.32 Å². The van der Waals surface area contributed by atoms with Crippen LogP contribution < -0.4 is 10.3 Å². The van der Waals surface area contributed by atoms with Gasteiger partial charge in [-0.15, -0.1) is 0 Å². The number of halogens is 2. The Hall–Kier alpha value is -4.39. The molecule has 1 aliphatic rings. The lowest BCUT2D eigenvalue weighted by atomic mass is 9.95. The van der Waals surface area contributed by atoms with Crippen molar-refractivity contribution in [3.63, 3.8) is 0 Å². The summed E-state index contributed by atoms with van der Waals surface area (Å²) in [6.07, 6.45) is 4.29. The minimum atomic E-state index is -2.94. The zero-order valence-electron chi connectivity index (χ0n) is 21.2. The molecule has 0 aliphatic carbocycles. The molecule has 0 fully saturated rings. The van der Waals surface area contributed by atoms with Crippen LogP contribution in [-0.4, -0.2) is 23.1 Å². The van der Waals surface area contributed by atoms with E-state index in [2.05, 4.69) is 27.5 Å². The fraction of sp³-hybridized carbons (Fsp3) is 0.194. The van der Waals surface area contributed by atoms with E-state index in [9.17, 15) is 13.6 Å². The van der Waals surface area contributed by atoms with Crippen LogP contribution in [0, 0.1) is 5.92 Å². The number of anilines is 2. The molecule has 0 bridgehead atoms. The highest BCUT2D eigenvalue weighted by atomic mass is 19.3. The molecule has 7 heteroatoms. The second-order valence-electron chi connectivity index (χ2n) is 9.54. The topological polar surface area (TPSA) is 57.6 Å². The Morgan fingerprint density at radius 2 is 1.79 bits per heavy atom. The molecular formula is C31H28F2N4O. The number of pyridine rings is 1. The quantitative estimate of drug-likeness (QED) is 0.280. The van der Waals surface area contributed by atoms with E-state index >= 15 is 0 Å². The summed E-state index contributed by atoms with van der Waals surface area (Å²) in [5, 5.41) is 9.13. The molecular weight excluding hydrogens is 482 g/mol. The zero-order valence-corrected chi connectivity index (χ0v) is 21.2. The molecule has 1 aliphatic heterocycles. The number of hydrazone groups is 1. The summed E-state index contributed by atoms with van der Waals surface area (Å²) >= 11 is 0. The number of nitrogens with one attached hydrogen (secondary N) is 1. The highest BCUT2D eigenvalue weighted by Gasteiger charge is 2.34.